The van der Waals surface area contributed by atoms with Crippen molar-refractivity contribution >= 4 is 42.8 Å². The zero-order chi connectivity index (χ0) is 14.3. The lowest BCUT2D eigenvalue weighted by Gasteiger charge is -2.08. The molecule has 0 radical (unpaired) electrons. The van der Waals surface area contributed by atoms with Gasteiger partial charge in [0.05, 0.1) is 28.5 Å². The average Bonchev–Trinajstić information content (AvgIpc) is 2.99. The van der Waals surface area contributed by atoms with Gasteiger partial charge in [-0.05, 0) is 26.0 Å². The Morgan fingerprint density at radius 2 is 1.55 bits per heavy atom. The van der Waals surface area contributed by atoms with Crippen molar-refractivity contribution in [3.05, 3.63) is 21.9 Å². The van der Waals surface area contributed by atoms with Crippen LogP contribution in [0.5, 0.6) is 11.5 Å². The van der Waals surface area contributed by atoms with E-state index in [0.717, 1.165) is 36.5 Å². The van der Waals surface area contributed by atoms with Gasteiger partial charge in [-0.3, -0.25) is 0 Å². The molecule has 20 heavy (non-hydrogen) atoms. The molecule has 0 saturated heterocycles. The maximum absolute atomic E-state index is 5.66. The minimum Gasteiger partial charge on any atom is -0.495 e. The Labute approximate surface area is 125 Å². The van der Waals surface area contributed by atoms with E-state index in [1.165, 1.54) is 4.88 Å². The van der Waals surface area contributed by atoms with Crippen molar-refractivity contribution in [2.45, 2.75) is 13.8 Å². The highest BCUT2D eigenvalue weighted by Gasteiger charge is 2.19. The number of thiophene rings is 2. The quantitative estimate of drug-likeness (QED) is 0.632. The average molecular weight is 302 g/mol. The lowest BCUT2D eigenvalue weighted by Crippen LogP contribution is -1.88. The van der Waals surface area contributed by atoms with E-state index in [9.17, 15) is 0 Å². The topological polar surface area (TPSA) is 18.5 Å². The normalized spacial score (nSPS) is 10.6. The summed E-state index contributed by atoms with van der Waals surface area (Å²) in [7, 11) is 3.44. The molecule has 0 aliphatic rings. The third-order valence-corrected chi connectivity index (χ3v) is 5.24. The fourth-order valence-corrected chi connectivity index (χ4v) is 4.56. The molecule has 4 heteroatoms. The standard InChI is InChI=1S/C16H14O2S2/c1-5-6-10-8-12-14(18-4)15-11(7-9(2)19-15)13(17-3)16(12)20-10/h7-8H,1-4H3. The van der Waals surface area contributed by atoms with Gasteiger partial charge < -0.3 is 9.47 Å². The predicted molar refractivity (Wildman–Crippen MR) is 87.6 cm³/mol. The molecule has 0 atom stereocenters. The minimum absolute atomic E-state index is 0.925. The van der Waals surface area contributed by atoms with E-state index >= 15 is 0 Å². The van der Waals surface area contributed by atoms with Crippen molar-refractivity contribution in [2.24, 2.45) is 0 Å². The van der Waals surface area contributed by atoms with Gasteiger partial charge in [0.15, 0.2) is 0 Å². The smallest absolute Gasteiger partial charge is 0.145 e. The summed E-state index contributed by atoms with van der Waals surface area (Å²) in [5.74, 6) is 7.91. The summed E-state index contributed by atoms with van der Waals surface area (Å²) in [5.41, 5.74) is 0. The Bertz CT molecular complexity index is 800. The Hall–Kier alpha value is -1.70. The maximum atomic E-state index is 5.66. The number of methoxy groups -OCH3 is 2. The van der Waals surface area contributed by atoms with E-state index in [0.29, 0.717) is 0 Å². The van der Waals surface area contributed by atoms with Crippen LogP contribution in [-0.2, 0) is 0 Å². The second-order valence-electron chi connectivity index (χ2n) is 4.39. The number of hydrogen-bond donors (Lipinski definition) is 0. The van der Waals surface area contributed by atoms with Crippen LogP contribution in [-0.4, -0.2) is 14.2 Å². The molecule has 0 saturated carbocycles. The number of ether oxygens (including phenoxy) is 2. The van der Waals surface area contributed by atoms with Crippen LogP contribution in [0.25, 0.3) is 20.2 Å². The molecule has 3 aromatic rings. The number of hydrogen-bond acceptors (Lipinski definition) is 4. The van der Waals surface area contributed by atoms with Crippen molar-refractivity contribution in [2.75, 3.05) is 14.2 Å². The van der Waals surface area contributed by atoms with E-state index in [1.54, 1.807) is 36.9 Å². The Balaban J connectivity index is 2.51. The molecule has 2 aromatic heterocycles. The van der Waals surface area contributed by atoms with Crippen LogP contribution in [0, 0.1) is 18.8 Å². The summed E-state index contributed by atoms with van der Waals surface area (Å²) in [6.45, 7) is 3.95. The van der Waals surface area contributed by atoms with Gasteiger partial charge in [-0.25, -0.2) is 0 Å². The molecule has 2 heterocycles. The van der Waals surface area contributed by atoms with Crippen LogP contribution in [0.3, 0.4) is 0 Å². The molecule has 1 aromatic carbocycles. The molecule has 0 fully saturated rings. The second-order valence-corrected chi connectivity index (χ2v) is 6.70. The molecule has 0 amide bonds. The molecule has 0 aliphatic heterocycles. The largest absolute Gasteiger partial charge is 0.495 e. The van der Waals surface area contributed by atoms with Crippen LogP contribution in [0.2, 0.25) is 0 Å². The van der Waals surface area contributed by atoms with E-state index in [-0.39, 0.29) is 0 Å². The van der Waals surface area contributed by atoms with E-state index in [1.807, 2.05) is 6.92 Å². The molecular weight excluding hydrogens is 288 g/mol. The first-order valence-corrected chi connectivity index (χ1v) is 7.83. The highest BCUT2D eigenvalue weighted by Crippen LogP contribution is 2.48. The molecule has 102 valence electrons. The fourth-order valence-electron chi connectivity index (χ4n) is 2.41. The first-order valence-electron chi connectivity index (χ1n) is 6.20. The first-order chi connectivity index (χ1) is 9.69. The van der Waals surface area contributed by atoms with Gasteiger partial charge in [0.2, 0.25) is 0 Å². The third kappa shape index (κ3) is 1.86. The van der Waals surface area contributed by atoms with Crippen LogP contribution >= 0.6 is 22.7 Å². The lowest BCUT2D eigenvalue weighted by molar-refractivity contribution is 0.419. The summed E-state index contributed by atoms with van der Waals surface area (Å²) in [6.07, 6.45) is 0. The summed E-state index contributed by atoms with van der Waals surface area (Å²) in [6, 6.07) is 4.25. The Kier molecular flexibility index (Phi) is 3.33. The zero-order valence-electron chi connectivity index (χ0n) is 11.8. The van der Waals surface area contributed by atoms with Crippen LogP contribution in [0.15, 0.2) is 12.1 Å². The molecule has 3 rings (SSSR count). The monoisotopic (exact) mass is 302 g/mol. The summed E-state index contributed by atoms with van der Waals surface area (Å²) < 4.78 is 13.6. The van der Waals surface area contributed by atoms with E-state index < -0.39 is 0 Å². The second kappa shape index (κ2) is 5.01. The Morgan fingerprint density at radius 1 is 0.950 bits per heavy atom. The molecule has 0 N–H and O–H groups in total. The van der Waals surface area contributed by atoms with Crippen LogP contribution in [0.4, 0.5) is 0 Å². The van der Waals surface area contributed by atoms with Crippen molar-refractivity contribution in [1.29, 1.82) is 0 Å². The molecule has 0 spiro atoms. The van der Waals surface area contributed by atoms with Gasteiger partial charge in [-0.1, -0.05) is 5.92 Å². The molecule has 0 bridgehead atoms. The number of benzene rings is 1. The molecular formula is C16H14O2S2. The van der Waals surface area contributed by atoms with Crippen molar-refractivity contribution < 1.29 is 9.47 Å². The third-order valence-electron chi connectivity index (χ3n) is 3.15. The molecule has 2 nitrogen and oxygen atoms in total. The highest BCUT2D eigenvalue weighted by atomic mass is 32.1. The highest BCUT2D eigenvalue weighted by molar-refractivity contribution is 7.21. The minimum atomic E-state index is 0.925. The van der Waals surface area contributed by atoms with Crippen molar-refractivity contribution in [1.82, 2.24) is 0 Å². The van der Waals surface area contributed by atoms with Gasteiger partial charge >= 0.3 is 0 Å². The van der Waals surface area contributed by atoms with Crippen molar-refractivity contribution in [3.8, 4) is 23.3 Å². The molecule has 0 unspecified atom stereocenters. The molecule has 0 aliphatic carbocycles. The van der Waals surface area contributed by atoms with Gasteiger partial charge in [0.1, 0.15) is 11.5 Å². The van der Waals surface area contributed by atoms with Crippen molar-refractivity contribution in [3.63, 3.8) is 0 Å². The van der Waals surface area contributed by atoms with Gasteiger partial charge in [0, 0.05) is 15.6 Å². The zero-order valence-corrected chi connectivity index (χ0v) is 13.4. The van der Waals surface area contributed by atoms with Crippen LogP contribution in [0.1, 0.15) is 16.7 Å². The predicted octanol–water partition coefficient (Wildman–Crippen LogP) is 4.81. The lowest BCUT2D eigenvalue weighted by atomic mass is 10.1. The summed E-state index contributed by atoms with van der Waals surface area (Å²) >= 11 is 3.39. The van der Waals surface area contributed by atoms with E-state index in [2.05, 4.69) is 30.9 Å². The van der Waals surface area contributed by atoms with E-state index in [4.69, 9.17) is 9.47 Å². The number of rotatable bonds is 2. The van der Waals surface area contributed by atoms with Gasteiger partial charge in [-0.2, -0.15) is 0 Å². The Morgan fingerprint density at radius 3 is 2.15 bits per heavy atom. The SMILES string of the molecule is CC#Cc1cc2c(OC)c3sc(C)cc3c(OC)c2s1. The summed E-state index contributed by atoms with van der Waals surface area (Å²) in [4.78, 5) is 2.29. The fraction of sp³-hybridized carbons (Fsp3) is 0.250. The summed E-state index contributed by atoms with van der Waals surface area (Å²) in [5, 5.41) is 2.21. The number of aryl methyl sites for hydroxylation is 1. The first kappa shape index (κ1) is 13.3. The number of fused-ring (bicyclic) bond motifs is 2. The van der Waals surface area contributed by atoms with Gasteiger partial charge in [-0.15, -0.1) is 28.6 Å². The maximum Gasteiger partial charge on any atom is 0.145 e. The van der Waals surface area contributed by atoms with Crippen LogP contribution < -0.4 is 9.47 Å². The van der Waals surface area contributed by atoms with Gasteiger partial charge in [0.25, 0.3) is 0 Å².